The predicted molar refractivity (Wildman–Crippen MR) is 129 cm³/mol. The number of rotatable bonds is 11. The summed E-state index contributed by atoms with van der Waals surface area (Å²) < 4.78 is 0. The quantitative estimate of drug-likeness (QED) is 0.240. The number of amides is 1. The summed E-state index contributed by atoms with van der Waals surface area (Å²) in [6.07, 6.45) is 4.65. The minimum Gasteiger partial charge on any atom is -0.396 e. The second kappa shape index (κ2) is 14.6. The number of carbonyl (C=O) groups excluding carboxylic acids is 1. The van der Waals surface area contributed by atoms with Crippen LogP contribution in [0.15, 0.2) is 29.3 Å². The lowest BCUT2D eigenvalue weighted by Crippen LogP contribution is -2.40. The Morgan fingerprint density at radius 1 is 1.21 bits per heavy atom. The molecule has 0 aromatic heterocycles. The van der Waals surface area contributed by atoms with Crippen molar-refractivity contribution < 1.29 is 9.90 Å². The number of likely N-dealkylation sites (tertiary alicyclic amines) is 1. The second-order valence-corrected chi connectivity index (χ2v) is 7.43. The lowest BCUT2D eigenvalue weighted by atomic mass is 10.0. The monoisotopic (exact) mass is 516 g/mol. The van der Waals surface area contributed by atoms with Crippen LogP contribution < -0.4 is 10.6 Å². The molecule has 1 unspecified atom stereocenters. The minimum atomic E-state index is 0. The first-order valence-corrected chi connectivity index (χ1v) is 10.7. The Labute approximate surface area is 192 Å². The first kappa shape index (κ1) is 25.7. The van der Waals surface area contributed by atoms with E-state index >= 15 is 0 Å². The first-order valence-electron chi connectivity index (χ1n) is 10.7. The summed E-state index contributed by atoms with van der Waals surface area (Å²) in [6.45, 7) is 8.16. The average Bonchev–Trinajstić information content (AvgIpc) is 3.10. The first-order chi connectivity index (χ1) is 13.7. The van der Waals surface area contributed by atoms with Crippen molar-refractivity contribution in [1.82, 2.24) is 15.5 Å². The van der Waals surface area contributed by atoms with Crippen LogP contribution in [-0.2, 0) is 17.9 Å². The van der Waals surface area contributed by atoms with Crippen LogP contribution in [0.3, 0.4) is 0 Å². The van der Waals surface area contributed by atoms with E-state index in [1.54, 1.807) is 0 Å². The molecule has 1 amide bonds. The SMILES string of the molecule is CCCC(CCO)CNC(=NCc1ccccc1CN1CCCC1=O)NCC.I. The van der Waals surface area contributed by atoms with Crippen molar-refractivity contribution in [3.8, 4) is 0 Å². The zero-order valence-corrected chi connectivity index (χ0v) is 20.2. The smallest absolute Gasteiger partial charge is 0.222 e. The molecule has 1 aromatic rings. The number of aliphatic hydroxyl groups is 1. The van der Waals surface area contributed by atoms with Crippen LogP contribution in [0.5, 0.6) is 0 Å². The number of benzene rings is 1. The highest BCUT2D eigenvalue weighted by molar-refractivity contribution is 14.0. The second-order valence-electron chi connectivity index (χ2n) is 7.43. The predicted octanol–water partition coefficient (Wildman–Crippen LogP) is 3.28. The zero-order chi connectivity index (χ0) is 20.2. The summed E-state index contributed by atoms with van der Waals surface area (Å²) in [6, 6.07) is 8.24. The molecule has 6 nitrogen and oxygen atoms in total. The molecular weight excluding hydrogens is 479 g/mol. The van der Waals surface area contributed by atoms with E-state index in [9.17, 15) is 9.90 Å². The molecule has 2 rings (SSSR count). The van der Waals surface area contributed by atoms with Crippen LogP contribution in [-0.4, -0.2) is 48.1 Å². The maximum absolute atomic E-state index is 12.0. The molecule has 29 heavy (non-hydrogen) atoms. The number of guanidine groups is 1. The van der Waals surface area contributed by atoms with Gasteiger partial charge in [-0.1, -0.05) is 37.6 Å². The molecule has 164 valence electrons. The van der Waals surface area contributed by atoms with Crippen LogP contribution in [0.4, 0.5) is 0 Å². The molecule has 1 aliphatic rings. The van der Waals surface area contributed by atoms with Crippen molar-refractivity contribution in [3.05, 3.63) is 35.4 Å². The van der Waals surface area contributed by atoms with Gasteiger partial charge in [0, 0.05) is 39.2 Å². The summed E-state index contributed by atoms with van der Waals surface area (Å²) >= 11 is 0. The Morgan fingerprint density at radius 3 is 2.59 bits per heavy atom. The van der Waals surface area contributed by atoms with E-state index in [1.165, 1.54) is 5.56 Å². The Kier molecular flexibility index (Phi) is 12.9. The molecule has 1 fully saturated rings. The Balaban J connectivity index is 0.00000420. The minimum absolute atomic E-state index is 0. The van der Waals surface area contributed by atoms with Crippen molar-refractivity contribution in [2.24, 2.45) is 10.9 Å². The van der Waals surface area contributed by atoms with Gasteiger partial charge >= 0.3 is 0 Å². The molecule has 0 radical (unpaired) electrons. The van der Waals surface area contributed by atoms with E-state index in [2.05, 4.69) is 36.6 Å². The van der Waals surface area contributed by atoms with Gasteiger partial charge < -0.3 is 20.6 Å². The number of carbonyl (C=O) groups is 1. The summed E-state index contributed by atoms with van der Waals surface area (Å²) in [7, 11) is 0. The summed E-state index contributed by atoms with van der Waals surface area (Å²) in [5.41, 5.74) is 2.32. The topological polar surface area (TPSA) is 77.0 Å². The molecule has 1 aromatic carbocycles. The Morgan fingerprint density at radius 2 is 1.97 bits per heavy atom. The van der Waals surface area contributed by atoms with Crippen LogP contribution >= 0.6 is 24.0 Å². The number of hydrogen-bond acceptors (Lipinski definition) is 3. The van der Waals surface area contributed by atoms with E-state index in [-0.39, 0.29) is 36.5 Å². The standard InChI is InChI=1S/C22H36N4O2.HI/c1-3-8-18(12-14-27)15-24-22(23-4-2)25-16-19-9-5-6-10-20(19)17-26-13-7-11-21(26)28;/h5-6,9-10,18,27H,3-4,7-8,11-17H2,1-2H3,(H2,23,24,25);1H. The third-order valence-corrected chi connectivity index (χ3v) is 5.20. The number of aliphatic imine (C=N–C) groups is 1. The fourth-order valence-electron chi connectivity index (χ4n) is 3.63. The molecule has 0 saturated carbocycles. The number of nitrogens with zero attached hydrogens (tertiary/aromatic N) is 2. The van der Waals surface area contributed by atoms with E-state index in [1.807, 2.05) is 17.0 Å². The number of aliphatic hydroxyl groups excluding tert-OH is 1. The maximum atomic E-state index is 12.0. The van der Waals surface area contributed by atoms with E-state index in [0.29, 0.717) is 25.4 Å². The van der Waals surface area contributed by atoms with Crippen LogP contribution in [0.1, 0.15) is 57.1 Å². The van der Waals surface area contributed by atoms with Gasteiger partial charge in [-0.05, 0) is 43.2 Å². The third kappa shape index (κ3) is 8.90. The number of nitrogens with one attached hydrogen (secondary N) is 2. The highest BCUT2D eigenvalue weighted by atomic mass is 127. The number of halogens is 1. The third-order valence-electron chi connectivity index (χ3n) is 5.20. The van der Waals surface area contributed by atoms with Gasteiger partial charge in [0.15, 0.2) is 5.96 Å². The van der Waals surface area contributed by atoms with Gasteiger partial charge in [0.2, 0.25) is 5.91 Å². The molecular formula is C22H37IN4O2. The van der Waals surface area contributed by atoms with Crippen molar-refractivity contribution in [3.63, 3.8) is 0 Å². The molecule has 0 aliphatic carbocycles. The van der Waals surface area contributed by atoms with Crippen molar-refractivity contribution in [1.29, 1.82) is 0 Å². The lowest BCUT2D eigenvalue weighted by molar-refractivity contribution is -0.128. The molecule has 1 aliphatic heterocycles. The summed E-state index contributed by atoms with van der Waals surface area (Å²) in [4.78, 5) is 18.7. The van der Waals surface area contributed by atoms with E-state index < -0.39 is 0 Å². The highest BCUT2D eigenvalue weighted by Gasteiger charge is 2.20. The van der Waals surface area contributed by atoms with Gasteiger partial charge in [-0.3, -0.25) is 4.79 Å². The Hall–Kier alpha value is -1.35. The summed E-state index contributed by atoms with van der Waals surface area (Å²) in [5.74, 6) is 1.50. The maximum Gasteiger partial charge on any atom is 0.222 e. The van der Waals surface area contributed by atoms with Crippen LogP contribution in [0, 0.1) is 5.92 Å². The summed E-state index contributed by atoms with van der Waals surface area (Å²) in [5, 5.41) is 16.0. The van der Waals surface area contributed by atoms with Gasteiger partial charge in [-0.2, -0.15) is 0 Å². The molecule has 1 heterocycles. The van der Waals surface area contributed by atoms with Gasteiger partial charge in [0.25, 0.3) is 0 Å². The lowest BCUT2D eigenvalue weighted by Gasteiger charge is -2.19. The van der Waals surface area contributed by atoms with Crippen LogP contribution in [0.2, 0.25) is 0 Å². The van der Waals surface area contributed by atoms with E-state index in [0.717, 1.165) is 56.8 Å². The average molecular weight is 516 g/mol. The highest BCUT2D eigenvalue weighted by Crippen LogP contribution is 2.18. The van der Waals surface area contributed by atoms with Gasteiger partial charge in [-0.15, -0.1) is 24.0 Å². The largest absolute Gasteiger partial charge is 0.396 e. The molecule has 3 N–H and O–H groups in total. The van der Waals surface area contributed by atoms with Crippen molar-refractivity contribution in [2.45, 2.75) is 59.0 Å². The fourth-order valence-corrected chi connectivity index (χ4v) is 3.63. The van der Waals surface area contributed by atoms with Gasteiger partial charge in [-0.25, -0.2) is 4.99 Å². The van der Waals surface area contributed by atoms with Gasteiger partial charge in [0.1, 0.15) is 0 Å². The van der Waals surface area contributed by atoms with E-state index in [4.69, 9.17) is 4.99 Å². The molecule has 7 heteroatoms. The molecule has 0 bridgehead atoms. The zero-order valence-electron chi connectivity index (χ0n) is 17.8. The molecule has 1 saturated heterocycles. The van der Waals surface area contributed by atoms with Crippen molar-refractivity contribution >= 4 is 35.8 Å². The molecule has 0 spiro atoms. The fraction of sp³-hybridized carbons (Fsp3) is 0.636. The molecule has 1 atom stereocenters. The normalized spacial score (nSPS) is 15.2. The van der Waals surface area contributed by atoms with Crippen LogP contribution in [0.25, 0.3) is 0 Å². The van der Waals surface area contributed by atoms with Gasteiger partial charge in [0.05, 0.1) is 6.54 Å². The van der Waals surface area contributed by atoms with Crippen molar-refractivity contribution in [2.75, 3.05) is 26.2 Å². The number of hydrogen-bond donors (Lipinski definition) is 3. The Bertz CT molecular complexity index is 633.